The number of hydrogen-bond donors (Lipinski definition) is 3. The second-order valence-electron chi connectivity index (χ2n) is 3.21. The van der Waals surface area contributed by atoms with Gasteiger partial charge in [0, 0.05) is 32.6 Å². The average molecular weight is 255 g/mol. The third-order valence-electron chi connectivity index (χ3n) is 2.07. The third-order valence-corrected chi connectivity index (χ3v) is 3.01. The summed E-state index contributed by atoms with van der Waals surface area (Å²) in [5, 5.41) is 11.0. The van der Waals surface area contributed by atoms with Crippen LogP contribution in [0.25, 0.3) is 0 Å². The maximum absolute atomic E-state index is 5.86. The van der Waals surface area contributed by atoms with Crippen LogP contribution in [0.1, 0.15) is 4.88 Å². The van der Waals surface area contributed by atoms with E-state index in [0.29, 0.717) is 0 Å². The number of rotatable bonds is 3. The lowest BCUT2D eigenvalue weighted by Crippen LogP contribution is -2.37. The molecule has 0 amide bonds. The predicted octanol–water partition coefficient (Wildman–Crippen LogP) is 0.980. The first-order valence-electron chi connectivity index (χ1n) is 5.28. The molecular weight excluding hydrogens is 234 g/mol. The maximum atomic E-state index is 5.86. The van der Waals surface area contributed by atoms with Crippen LogP contribution in [0.3, 0.4) is 0 Å². The summed E-state index contributed by atoms with van der Waals surface area (Å²) in [4.78, 5) is 7.69. The van der Waals surface area contributed by atoms with Crippen molar-refractivity contribution in [1.82, 2.24) is 10.2 Å². The molecule has 0 spiro atoms. The average Bonchev–Trinajstić information content (AvgIpc) is 2.82. The van der Waals surface area contributed by atoms with Crippen molar-refractivity contribution in [3.8, 4) is 0 Å². The molecule has 4 N–H and O–H groups in total. The molecule has 0 aliphatic rings. The lowest BCUT2D eigenvalue weighted by atomic mass is 10.3. The van der Waals surface area contributed by atoms with E-state index in [1.165, 1.54) is 4.88 Å². The zero-order valence-corrected chi connectivity index (χ0v) is 11.4. The van der Waals surface area contributed by atoms with Crippen molar-refractivity contribution in [3.63, 3.8) is 0 Å². The maximum Gasteiger partial charge on any atom is 0.193 e. The Morgan fingerprint density at radius 1 is 1.71 bits per heavy atom. The van der Waals surface area contributed by atoms with Gasteiger partial charge in [0.2, 0.25) is 0 Å². The van der Waals surface area contributed by atoms with Gasteiger partial charge in [0.1, 0.15) is 0 Å². The van der Waals surface area contributed by atoms with Gasteiger partial charge in [0.05, 0.1) is 6.34 Å². The number of nitrogens with two attached hydrogens (primary N) is 1. The number of nitrogens with one attached hydrogen (secondary N) is 2. The van der Waals surface area contributed by atoms with Crippen LogP contribution in [0.5, 0.6) is 0 Å². The highest BCUT2D eigenvalue weighted by molar-refractivity contribution is 7.09. The van der Waals surface area contributed by atoms with E-state index in [0.717, 1.165) is 25.3 Å². The van der Waals surface area contributed by atoms with Gasteiger partial charge in [0.15, 0.2) is 5.96 Å². The minimum atomic E-state index is 0.750. The lowest BCUT2D eigenvalue weighted by Gasteiger charge is -2.19. The first-order chi connectivity index (χ1) is 8.19. The van der Waals surface area contributed by atoms with Gasteiger partial charge >= 0.3 is 0 Å². The van der Waals surface area contributed by atoms with Crippen molar-refractivity contribution in [2.45, 2.75) is 6.42 Å². The smallest absolute Gasteiger partial charge is 0.193 e. The first-order valence-corrected chi connectivity index (χ1v) is 6.16. The van der Waals surface area contributed by atoms with Crippen molar-refractivity contribution < 1.29 is 0 Å². The van der Waals surface area contributed by atoms with Crippen LogP contribution in [-0.4, -0.2) is 44.9 Å². The van der Waals surface area contributed by atoms with Crippen molar-refractivity contribution in [1.29, 1.82) is 5.41 Å². The molecule has 1 rings (SSSR count). The fourth-order valence-electron chi connectivity index (χ4n) is 1.31. The third kappa shape index (κ3) is 6.57. The summed E-state index contributed by atoms with van der Waals surface area (Å²) in [5.41, 5.74) is 4.39. The van der Waals surface area contributed by atoms with E-state index in [2.05, 4.69) is 38.5 Å². The fraction of sp³-hybridized carbons (Fsp3) is 0.455. The van der Waals surface area contributed by atoms with E-state index in [1.807, 2.05) is 14.1 Å². The highest BCUT2D eigenvalue weighted by Gasteiger charge is 2.03. The Morgan fingerprint density at radius 2 is 2.35 bits per heavy atom. The van der Waals surface area contributed by atoms with Gasteiger partial charge < -0.3 is 16.0 Å². The van der Waals surface area contributed by atoms with Crippen molar-refractivity contribution in [2.75, 3.05) is 27.7 Å². The molecule has 0 saturated carbocycles. The van der Waals surface area contributed by atoms with E-state index >= 15 is 0 Å². The summed E-state index contributed by atoms with van der Waals surface area (Å²) in [5.74, 6) is 0.932. The van der Waals surface area contributed by atoms with Gasteiger partial charge in [-0.2, -0.15) is 0 Å². The Kier molecular flexibility index (Phi) is 8.77. The van der Waals surface area contributed by atoms with Crippen molar-refractivity contribution in [3.05, 3.63) is 22.4 Å². The topological polar surface area (TPSA) is 77.5 Å². The lowest BCUT2D eigenvalue weighted by molar-refractivity contribution is 0.493. The number of hydrogen-bond acceptors (Lipinski definition) is 3. The predicted molar refractivity (Wildman–Crippen MR) is 76.0 cm³/mol. The van der Waals surface area contributed by atoms with E-state index in [4.69, 9.17) is 5.41 Å². The molecule has 17 heavy (non-hydrogen) atoms. The van der Waals surface area contributed by atoms with E-state index < -0.39 is 0 Å². The molecule has 0 atom stereocenters. The standard InChI is InChI=1S/C10H17N3S.CH4N2/c1-11-10(12-2)13(3)7-6-9-5-4-8-14-9;2-1-3/h4-5,8H,6-7H2,1-3H3,(H,11,12);1H,(H3,2,3). The molecule has 5 nitrogen and oxygen atoms in total. The number of thiophene rings is 1. The normalized spacial score (nSPS) is 10.2. The van der Waals surface area contributed by atoms with Crippen LogP contribution in [0.15, 0.2) is 22.5 Å². The Labute approximate surface area is 107 Å². The number of guanidine groups is 1. The molecule has 0 aliphatic heterocycles. The largest absolute Gasteiger partial charge is 0.390 e. The molecule has 96 valence electrons. The molecule has 0 bridgehead atoms. The van der Waals surface area contributed by atoms with Crippen molar-refractivity contribution >= 4 is 23.6 Å². The summed E-state index contributed by atoms with van der Waals surface area (Å²) < 4.78 is 0. The van der Waals surface area contributed by atoms with Crippen LogP contribution >= 0.6 is 11.3 Å². The minimum Gasteiger partial charge on any atom is -0.390 e. The molecule has 1 aromatic heterocycles. The van der Waals surface area contributed by atoms with E-state index in [-0.39, 0.29) is 0 Å². The minimum absolute atomic E-state index is 0.750. The Balaban J connectivity index is 0.000000770. The first kappa shape index (κ1) is 15.4. The van der Waals surface area contributed by atoms with Gasteiger partial charge in [-0.3, -0.25) is 10.4 Å². The number of nitrogens with zero attached hydrogens (tertiary/aromatic N) is 2. The number of likely N-dealkylation sites (N-methyl/N-ethyl adjacent to an activating group) is 1. The molecule has 6 heteroatoms. The Morgan fingerprint density at radius 3 is 2.76 bits per heavy atom. The molecule has 0 saturated heterocycles. The van der Waals surface area contributed by atoms with E-state index in [9.17, 15) is 0 Å². The molecule has 0 radical (unpaired) electrons. The second-order valence-corrected chi connectivity index (χ2v) is 4.25. The summed E-state index contributed by atoms with van der Waals surface area (Å²) in [6.07, 6.45) is 1.83. The van der Waals surface area contributed by atoms with Crippen molar-refractivity contribution in [2.24, 2.45) is 10.7 Å². The SMILES string of the molecule is CN=C(NC)N(C)CCc1cccs1.N=CN. The van der Waals surface area contributed by atoms with Gasteiger partial charge in [-0.25, -0.2) is 0 Å². The summed E-state index contributed by atoms with van der Waals surface area (Å²) >= 11 is 1.80. The van der Waals surface area contributed by atoms with Crippen LogP contribution in [0.2, 0.25) is 0 Å². The zero-order chi connectivity index (χ0) is 13.1. The van der Waals surface area contributed by atoms with Gasteiger partial charge in [-0.05, 0) is 17.9 Å². The van der Waals surface area contributed by atoms with Gasteiger partial charge in [0.25, 0.3) is 0 Å². The molecule has 0 aliphatic carbocycles. The quantitative estimate of drug-likeness (QED) is 0.556. The fourth-order valence-corrected chi connectivity index (χ4v) is 2.01. The molecule has 1 aromatic rings. The zero-order valence-electron chi connectivity index (χ0n) is 10.6. The number of aliphatic imine (C=N–C) groups is 1. The Bertz CT molecular complexity index is 321. The molecule has 0 fully saturated rings. The molecule has 0 unspecified atom stereocenters. The highest BCUT2D eigenvalue weighted by atomic mass is 32.1. The van der Waals surface area contributed by atoms with Crippen LogP contribution in [-0.2, 0) is 6.42 Å². The Hall–Kier alpha value is -1.56. The van der Waals surface area contributed by atoms with Crippen LogP contribution in [0, 0.1) is 5.41 Å². The molecule has 1 heterocycles. The summed E-state index contributed by atoms with van der Waals surface area (Å²) in [6, 6.07) is 4.26. The van der Waals surface area contributed by atoms with E-state index in [1.54, 1.807) is 18.4 Å². The van der Waals surface area contributed by atoms with Gasteiger partial charge in [-0.1, -0.05) is 6.07 Å². The summed E-state index contributed by atoms with van der Waals surface area (Å²) in [6.45, 7) is 0.994. The van der Waals surface area contributed by atoms with Gasteiger partial charge in [-0.15, -0.1) is 11.3 Å². The van der Waals surface area contributed by atoms with Crippen LogP contribution in [0.4, 0.5) is 0 Å². The molecule has 0 aromatic carbocycles. The monoisotopic (exact) mass is 255 g/mol. The second kappa shape index (κ2) is 9.65. The van der Waals surface area contributed by atoms with Crippen LogP contribution < -0.4 is 11.1 Å². The summed E-state index contributed by atoms with van der Waals surface area (Å²) in [7, 11) is 5.74. The molecular formula is C11H21N5S. The highest BCUT2D eigenvalue weighted by Crippen LogP contribution is 2.09.